The standard InChI is InChI=1S/C17H21F3N4OS.HI/c1-2-21-16(22-8-9-25-11-13-6-4-3-5-7-13)23-10-15-24-14(12-26-15)17(18,19)20;/h3-7,12H,2,8-11H2,1H3,(H2,21,22,23);1H. The van der Waals surface area contributed by atoms with Gasteiger partial charge in [-0.15, -0.1) is 35.3 Å². The zero-order chi connectivity index (χ0) is 18.8. The van der Waals surface area contributed by atoms with Crippen molar-refractivity contribution in [1.82, 2.24) is 15.6 Å². The van der Waals surface area contributed by atoms with Crippen LogP contribution in [0.4, 0.5) is 13.2 Å². The van der Waals surface area contributed by atoms with E-state index in [4.69, 9.17) is 4.74 Å². The molecule has 2 aromatic rings. The van der Waals surface area contributed by atoms with Crippen LogP contribution in [0.1, 0.15) is 23.2 Å². The van der Waals surface area contributed by atoms with Gasteiger partial charge in [0, 0.05) is 18.5 Å². The number of thiazole rings is 1. The van der Waals surface area contributed by atoms with Crippen LogP contribution < -0.4 is 10.6 Å². The van der Waals surface area contributed by atoms with E-state index < -0.39 is 11.9 Å². The number of halogens is 4. The molecule has 2 N–H and O–H groups in total. The quantitative estimate of drug-likeness (QED) is 0.242. The summed E-state index contributed by atoms with van der Waals surface area (Å²) in [6.07, 6.45) is -4.42. The zero-order valence-corrected chi connectivity index (χ0v) is 17.9. The third kappa shape index (κ3) is 8.89. The molecular weight excluding hydrogens is 492 g/mol. The Balaban J connectivity index is 0.00000364. The third-order valence-electron chi connectivity index (χ3n) is 3.21. The lowest BCUT2D eigenvalue weighted by Crippen LogP contribution is -2.38. The predicted molar refractivity (Wildman–Crippen MR) is 111 cm³/mol. The third-order valence-corrected chi connectivity index (χ3v) is 4.04. The van der Waals surface area contributed by atoms with E-state index in [1.54, 1.807) is 0 Å². The van der Waals surface area contributed by atoms with E-state index >= 15 is 0 Å². The number of aliphatic imine (C=N–C) groups is 1. The molecule has 0 saturated heterocycles. The highest BCUT2D eigenvalue weighted by atomic mass is 127. The molecule has 2 rings (SSSR count). The number of ether oxygens (including phenoxy) is 1. The molecule has 10 heteroatoms. The van der Waals surface area contributed by atoms with Gasteiger partial charge < -0.3 is 15.4 Å². The Morgan fingerprint density at radius 1 is 1.22 bits per heavy atom. The Hall–Kier alpha value is -1.40. The Morgan fingerprint density at radius 3 is 2.59 bits per heavy atom. The molecule has 0 amide bonds. The van der Waals surface area contributed by atoms with Crippen LogP contribution in [0.25, 0.3) is 0 Å². The summed E-state index contributed by atoms with van der Waals surface area (Å²) in [6.45, 7) is 4.17. The second kappa shape index (κ2) is 12.1. The van der Waals surface area contributed by atoms with Crippen molar-refractivity contribution in [3.63, 3.8) is 0 Å². The van der Waals surface area contributed by atoms with E-state index in [0.717, 1.165) is 22.3 Å². The first-order valence-electron chi connectivity index (χ1n) is 8.14. The first kappa shape index (κ1) is 23.6. The molecule has 0 bridgehead atoms. The molecule has 0 fully saturated rings. The van der Waals surface area contributed by atoms with Gasteiger partial charge in [0.15, 0.2) is 11.7 Å². The van der Waals surface area contributed by atoms with Crippen LogP contribution >= 0.6 is 35.3 Å². The summed E-state index contributed by atoms with van der Waals surface area (Å²) in [7, 11) is 0. The largest absolute Gasteiger partial charge is 0.434 e. The number of hydrogen-bond acceptors (Lipinski definition) is 4. The van der Waals surface area contributed by atoms with E-state index in [9.17, 15) is 13.2 Å². The number of benzene rings is 1. The van der Waals surface area contributed by atoms with Gasteiger partial charge in [0.2, 0.25) is 0 Å². The smallest absolute Gasteiger partial charge is 0.375 e. The lowest BCUT2D eigenvalue weighted by molar-refractivity contribution is -0.140. The first-order chi connectivity index (χ1) is 12.5. The highest BCUT2D eigenvalue weighted by Crippen LogP contribution is 2.30. The molecule has 0 saturated carbocycles. The summed E-state index contributed by atoms with van der Waals surface area (Å²) in [5.41, 5.74) is 0.220. The summed E-state index contributed by atoms with van der Waals surface area (Å²) in [4.78, 5) is 7.82. The zero-order valence-electron chi connectivity index (χ0n) is 14.8. The molecule has 5 nitrogen and oxygen atoms in total. The highest BCUT2D eigenvalue weighted by Gasteiger charge is 2.33. The van der Waals surface area contributed by atoms with Crippen LogP contribution in [0.3, 0.4) is 0 Å². The minimum absolute atomic E-state index is 0. The van der Waals surface area contributed by atoms with Crippen molar-refractivity contribution >= 4 is 41.3 Å². The van der Waals surface area contributed by atoms with E-state index in [2.05, 4.69) is 20.6 Å². The number of guanidine groups is 1. The summed E-state index contributed by atoms with van der Waals surface area (Å²) in [5.74, 6) is 0.513. The lowest BCUT2D eigenvalue weighted by Gasteiger charge is -2.11. The maximum Gasteiger partial charge on any atom is 0.434 e. The fraction of sp³-hybridized carbons (Fsp3) is 0.412. The molecule has 1 aromatic heterocycles. The predicted octanol–water partition coefficient (Wildman–Crippen LogP) is 4.05. The second-order valence-corrected chi connectivity index (χ2v) is 6.23. The Morgan fingerprint density at radius 2 is 1.96 bits per heavy atom. The van der Waals surface area contributed by atoms with Gasteiger partial charge in [0.1, 0.15) is 5.01 Å². The summed E-state index contributed by atoms with van der Waals surface area (Å²) >= 11 is 0.948. The second-order valence-electron chi connectivity index (χ2n) is 5.28. The summed E-state index contributed by atoms with van der Waals surface area (Å²) in [6, 6.07) is 9.83. The lowest BCUT2D eigenvalue weighted by atomic mass is 10.2. The molecule has 0 atom stereocenters. The van der Waals surface area contributed by atoms with Gasteiger partial charge in [-0.1, -0.05) is 30.3 Å². The van der Waals surface area contributed by atoms with E-state index in [-0.39, 0.29) is 30.5 Å². The average Bonchev–Trinajstić information content (AvgIpc) is 3.09. The fourth-order valence-electron chi connectivity index (χ4n) is 2.01. The van der Waals surface area contributed by atoms with Gasteiger partial charge in [-0.2, -0.15) is 13.2 Å². The Kier molecular flexibility index (Phi) is 10.6. The van der Waals surface area contributed by atoms with Gasteiger partial charge in [0.25, 0.3) is 0 Å². The molecule has 1 heterocycles. The maximum absolute atomic E-state index is 12.6. The van der Waals surface area contributed by atoms with E-state index in [0.29, 0.717) is 37.3 Å². The molecule has 0 radical (unpaired) electrons. The van der Waals surface area contributed by atoms with Crippen molar-refractivity contribution in [3.8, 4) is 0 Å². The van der Waals surface area contributed by atoms with Crippen LogP contribution in [0.5, 0.6) is 0 Å². The fourth-order valence-corrected chi connectivity index (χ4v) is 2.73. The number of nitrogens with zero attached hydrogens (tertiary/aromatic N) is 2. The molecule has 0 spiro atoms. The SMILES string of the molecule is CCNC(=NCc1nc(C(F)(F)F)cs1)NCCOCc1ccccc1.I. The number of aromatic nitrogens is 1. The molecule has 0 aliphatic carbocycles. The van der Waals surface area contributed by atoms with Crippen molar-refractivity contribution in [2.45, 2.75) is 26.3 Å². The average molecular weight is 514 g/mol. The van der Waals surface area contributed by atoms with Crippen LogP contribution in [-0.2, 0) is 24.1 Å². The van der Waals surface area contributed by atoms with Gasteiger partial charge in [-0.05, 0) is 12.5 Å². The van der Waals surface area contributed by atoms with Crippen molar-refractivity contribution < 1.29 is 17.9 Å². The van der Waals surface area contributed by atoms with Gasteiger partial charge in [0.05, 0.1) is 19.8 Å². The first-order valence-corrected chi connectivity index (χ1v) is 9.02. The minimum Gasteiger partial charge on any atom is -0.375 e. The van der Waals surface area contributed by atoms with Gasteiger partial charge in [-0.25, -0.2) is 9.98 Å². The molecule has 0 aliphatic rings. The minimum atomic E-state index is -4.42. The van der Waals surface area contributed by atoms with Gasteiger partial charge >= 0.3 is 6.18 Å². The molecule has 1 aromatic carbocycles. The van der Waals surface area contributed by atoms with Crippen LogP contribution in [0.15, 0.2) is 40.7 Å². The van der Waals surface area contributed by atoms with Crippen LogP contribution in [-0.4, -0.2) is 30.6 Å². The monoisotopic (exact) mass is 514 g/mol. The number of nitrogens with one attached hydrogen (secondary N) is 2. The van der Waals surface area contributed by atoms with Crippen LogP contribution in [0, 0.1) is 0 Å². The normalized spacial score (nSPS) is 11.8. The van der Waals surface area contributed by atoms with E-state index in [1.807, 2.05) is 37.3 Å². The molecule has 0 aliphatic heterocycles. The molecular formula is C17H22F3IN4OS. The van der Waals surface area contributed by atoms with Crippen molar-refractivity contribution in [2.75, 3.05) is 19.7 Å². The summed E-state index contributed by atoms with van der Waals surface area (Å²) < 4.78 is 43.2. The Bertz CT molecular complexity index is 695. The van der Waals surface area contributed by atoms with Gasteiger partial charge in [-0.3, -0.25) is 0 Å². The highest BCUT2D eigenvalue weighted by molar-refractivity contribution is 14.0. The molecule has 0 unspecified atom stereocenters. The number of alkyl halides is 3. The van der Waals surface area contributed by atoms with Crippen molar-refractivity contribution in [3.05, 3.63) is 52.0 Å². The van der Waals surface area contributed by atoms with Crippen molar-refractivity contribution in [1.29, 1.82) is 0 Å². The molecule has 27 heavy (non-hydrogen) atoms. The Labute approximate surface area is 177 Å². The summed E-state index contributed by atoms with van der Waals surface area (Å²) in [5, 5.41) is 7.44. The topological polar surface area (TPSA) is 58.5 Å². The van der Waals surface area contributed by atoms with E-state index in [1.165, 1.54) is 0 Å². The number of hydrogen-bond donors (Lipinski definition) is 2. The van der Waals surface area contributed by atoms with Crippen LogP contribution in [0.2, 0.25) is 0 Å². The van der Waals surface area contributed by atoms with Crippen molar-refractivity contribution in [2.24, 2.45) is 4.99 Å². The number of rotatable bonds is 8. The maximum atomic E-state index is 12.6. The molecule has 150 valence electrons.